The molecule has 1 unspecified atom stereocenters. The highest BCUT2D eigenvalue weighted by atomic mass is 16.3. The Morgan fingerprint density at radius 2 is 1.81 bits per heavy atom. The monoisotopic (exact) mass is 346 g/mol. The number of nitrogens with one attached hydrogen (secondary N) is 1. The van der Waals surface area contributed by atoms with Crippen LogP contribution in [0.4, 0.5) is 0 Å². The van der Waals surface area contributed by atoms with Gasteiger partial charge in [0.15, 0.2) is 0 Å². The van der Waals surface area contributed by atoms with Crippen LogP contribution >= 0.6 is 0 Å². The van der Waals surface area contributed by atoms with E-state index in [2.05, 4.69) is 10.3 Å². The fourth-order valence-corrected chi connectivity index (χ4v) is 2.85. The van der Waals surface area contributed by atoms with Gasteiger partial charge in [0.25, 0.3) is 0 Å². The molecule has 0 bridgehead atoms. The number of carbonyl (C=O) groups is 1. The van der Waals surface area contributed by atoms with Crippen LogP contribution in [0, 0.1) is 0 Å². The molecule has 1 aromatic heterocycles. The summed E-state index contributed by atoms with van der Waals surface area (Å²) < 4.78 is 0. The Bertz CT molecular complexity index is 862. The van der Waals surface area contributed by atoms with E-state index in [0.717, 1.165) is 22.4 Å². The molecule has 3 aromatic rings. The Kier molecular flexibility index (Phi) is 5.44. The molecular weight excluding hydrogens is 324 g/mol. The molecule has 0 aliphatic heterocycles. The zero-order valence-corrected chi connectivity index (χ0v) is 14.7. The van der Waals surface area contributed by atoms with Gasteiger partial charge in [0.05, 0.1) is 17.7 Å². The molecule has 0 saturated carbocycles. The van der Waals surface area contributed by atoms with E-state index in [1.165, 1.54) is 0 Å². The summed E-state index contributed by atoms with van der Waals surface area (Å²) in [6, 6.07) is 22.9. The van der Waals surface area contributed by atoms with Crippen molar-refractivity contribution in [2.45, 2.75) is 25.5 Å². The molecule has 0 aliphatic rings. The molecular formula is C22H22N2O2. The average Bonchev–Trinajstić information content (AvgIpc) is 2.68. The number of aliphatic hydroxyl groups is 1. The second-order valence-corrected chi connectivity index (χ2v) is 6.51. The van der Waals surface area contributed by atoms with E-state index in [1.54, 1.807) is 13.1 Å². The van der Waals surface area contributed by atoms with Gasteiger partial charge in [-0.25, -0.2) is 0 Å². The van der Waals surface area contributed by atoms with Gasteiger partial charge in [0.2, 0.25) is 5.91 Å². The van der Waals surface area contributed by atoms with Crippen LogP contribution < -0.4 is 5.32 Å². The van der Waals surface area contributed by atoms with Gasteiger partial charge in [0, 0.05) is 18.3 Å². The number of benzene rings is 2. The van der Waals surface area contributed by atoms with E-state index < -0.39 is 5.60 Å². The zero-order chi connectivity index (χ0) is 18.4. The number of rotatable bonds is 6. The molecule has 0 radical (unpaired) electrons. The third-order valence-corrected chi connectivity index (χ3v) is 4.28. The molecule has 1 amide bonds. The quantitative estimate of drug-likeness (QED) is 0.716. The van der Waals surface area contributed by atoms with Crippen molar-refractivity contribution in [3.8, 4) is 11.3 Å². The van der Waals surface area contributed by atoms with Gasteiger partial charge in [-0.05, 0) is 36.2 Å². The van der Waals surface area contributed by atoms with Crippen molar-refractivity contribution >= 4 is 5.91 Å². The highest BCUT2D eigenvalue weighted by molar-refractivity contribution is 5.77. The first-order valence-electron chi connectivity index (χ1n) is 8.59. The Labute approximate surface area is 153 Å². The minimum Gasteiger partial charge on any atom is -0.385 e. The molecule has 4 heteroatoms. The summed E-state index contributed by atoms with van der Waals surface area (Å²) in [7, 11) is 0. The first-order chi connectivity index (χ1) is 12.5. The van der Waals surface area contributed by atoms with E-state index in [4.69, 9.17) is 0 Å². The van der Waals surface area contributed by atoms with E-state index in [9.17, 15) is 9.90 Å². The van der Waals surface area contributed by atoms with Gasteiger partial charge in [0.1, 0.15) is 0 Å². The second kappa shape index (κ2) is 7.93. The number of nitrogens with zero attached hydrogens (tertiary/aromatic N) is 1. The molecule has 3 rings (SSSR count). The molecule has 0 fully saturated rings. The van der Waals surface area contributed by atoms with Gasteiger partial charge in [-0.15, -0.1) is 0 Å². The molecule has 0 saturated heterocycles. The van der Waals surface area contributed by atoms with Crippen molar-refractivity contribution in [3.63, 3.8) is 0 Å². The Hall–Kier alpha value is -2.98. The average molecular weight is 346 g/mol. The Morgan fingerprint density at radius 1 is 1.04 bits per heavy atom. The Balaban J connectivity index is 1.61. The predicted molar refractivity (Wildman–Crippen MR) is 102 cm³/mol. The van der Waals surface area contributed by atoms with E-state index >= 15 is 0 Å². The van der Waals surface area contributed by atoms with Crippen molar-refractivity contribution in [2.24, 2.45) is 0 Å². The number of pyridine rings is 1. The summed E-state index contributed by atoms with van der Waals surface area (Å²) in [5.74, 6) is -0.193. The maximum absolute atomic E-state index is 12.3. The number of hydrogen-bond acceptors (Lipinski definition) is 3. The molecule has 2 N–H and O–H groups in total. The van der Waals surface area contributed by atoms with Crippen LogP contribution in [0.3, 0.4) is 0 Å². The van der Waals surface area contributed by atoms with Crippen LogP contribution in [-0.2, 0) is 16.9 Å². The molecule has 2 aromatic carbocycles. The van der Waals surface area contributed by atoms with Crippen LogP contribution in [-0.4, -0.2) is 16.0 Å². The number of aromatic nitrogens is 1. The van der Waals surface area contributed by atoms with E-state index in [0.29, 0.717) is 6.54 Å². The predicted octanol–water partition coefficient (Wildman–Crippen LogP) is 3.66. The van der Waals surface area contributed by atoms with Gasteiger partial charge in [-0.1, -0.05) is 54.6 Å². The molecule has 0 aliphatic carbocycles. The lowest BCUT2D eigenvalue weighted by Gasteiger charge is -2.23. The summed E-state index contributed by atoms with van der Waals surface area (Å²) in [5, 5.41) is 13.5. The fourth-order valence-electron chi connectivity index (χ4n) is 2.85. The lowest BCUT2D eigenvalue weighted by atomic mass is 9.92. The summed E-state index contributed by atoms with van der Waals surface area (Å²) in [5.41, 5.74) is 2.43. The van der Waals surface area contributed by atoms with E-state index in [1.807, 2.05) is 72.8 Å². The van der Waals surface area contributed by atoms with Crippen LogP contribution in [0.1, 0.15) is 24.5 Å². The van der Waals surface area contributed by atoms with Gasteiger partial charge >= 0.3 is 0 Å². The normalized spacial score (nSPS) is 13.0. The maximum atomic E-state index is 12.3. The second-order valence-electron chi connectivity index (χ2n) is 6.51. The van der Waals surface area contributed by atoms with Crippen LogP contribution in [0.2, 0.25) is 0 Å². The first-order valence-corrected chi connectivity index (χ1v) is 8.59. The molecule has 1 heterocycles. The smallest absolute Gasteiger partial charge is 0.223 e. The van der Waals surface area contributed by atoms with Gasteiger partial charge < -0.3 is 10.4 Å². The highest BCUT2D eigenvalue weighted by Gasteiger charge is 2.26. The molecule has 4 nitrogen and oxygen atoms in total. The summed E-state index contributed by atoms with van der Waals surface area (Å²) in [6.45, 7) is 2.06. The largest absolute Gasteiger partial charge is 0.385 e. The van der Waals surface area contributed by atoms with E-state index in [-0.39, 0.29) is 12.3 Å². The molecule has 26 heavy (non-hydrogen) atoms. The van der Waals surface area contributed by atoms with Gasteiger partial charge in [-0.3, -0.25) is 9.78 Å². The molecule has 0 spiro atoms. The van der Waals surface area contributed by atoms with Crippen molar-refractivity contribution in [1.82, 2.24) is 10.3 Å². The minimum absolute atomic E-state index is 0.0109. The molecule has 1 atom stereocenters. The number of carbonyl (C=O) groups excluding carboxylic acids is 1. The van der Waals surface area contributed by atoms with Crippen LogP contribution in [0.15, 0.2) is 79.0 Å². The van der Waals surface area contributed by atoms with Gasteiger partial charge in [-0.2, -0.15) is 0 Å². The topological polar surface area (TPSA) is 62.2 Å². The summed E-state index contributed by atoms with van der Waals surface area (Å²) in [4.78, 5) is 16.6. The SMILES string of the molecule is CC(O)(CC(=O)NCc1cccc(-c2ccccn2)c1)c1ccccc1. The number of hydrogen-bond donors (Lipinski definition) is 2. The third kappa shape index (κ3) is 4.55. The number of amides is 1. The first kappa shape index (κ1) is 17.8. The molecule has 132 valence electrons. The maximum Gasteiger partial charge on any atom is 0.223 e. The lowest BCUT2D eigenvalue weighted by molar-refractivity contribution is -0.126. The fraction of sp³-hybridized carbons (Fsp3) is 0.182. The van der Waals surface area contributed by atoms with Crippen molar-refractivity contribution in [3.05, 3.63) is 90.1 Å². The van der Waals surface area contributed by atoms with Crippen molar-refractivity contribution in [2.75, 3.05) is 0 Å². The summed E-state index contributed by atoms with van der Waals surface area (Å²) >= 11 is 0. The third-order valence-electron chi connectivity index (χ3n) is 4.28. The Morgan fingerprint density at radius 3 is 2.54 bits per heavy atom. The van der Waals surface area contributed by atoms with Crippen molar-refractivity contribution < 1.29 is 9.90 Å². The van der Waals surface area contributed by atoms with Crippen LogP contribution in [0.5, 0.6) is 0 Å². The van der Waals surface area contributed by atoms with Crippen LogP contribution in [0.25, 0.3) is 11.3 Å². The minimum atomic E-state index is -1.19. The highest BCUT2D eigenvalue weighted by Crippen LogP contribution is 2.24. The van der Waals surface area contributed by atoms with Crippen molar-refractivity contribution in [1.29, 1.82) is 0 Å². The zero-order valence-electron chi connectivity index (χ0n) is 14.7. The lowest BCUT2D eigenvalue weighted by Crippen LogP contribution is -2.32. The standard InChI is InChI=1S/C22H22N2O2/c1-22(26,19-10-3-2-4-11-19)15-21(25)24-16-17-8-7-9-18(14-17)20-12-5-6-13-23-20/h2-14,26H,15-16H2,1H3,(H,24,25). The summed E-state index contributed by atoms with van der Waals surface area (Å²) in [6.07, 6.45) is 1.77.